The molecule has 8 nitrogen and oxygen atoms in total. The maximum absolute atomic E-state index is 13.6. The number of ether oxygens (including phenoxy) is 1. The maximum Gasteiger partial charge on any atom is 0.244 e. The van der Waals surface area contributed by atoms with E-state index in [-0.39, 0.29) is 18.1 Å². The number of hydrogen-bond donors (Lipinski definition) is 1. The molecule has 0 saturated heterocycles. The van der Waals surface area contributed by atoms with Crippen molar-refractivity contribution in [1.29, 1.82) is 0 Å². The first-order valence-corrected chi connectivity index (χ1v) is 14.1. The zero-order valence-electron chi connectivity index (χ0n) is 21.6. The quantitative estimate of drug-likeness (QED) is 0.368. The van der Waals surface area contributed by atoms with Gasteiger partial charge in [0, 0.05) is 13.1 Å². The highest BCUT2D eigenvalue weighted by atomic mass is 32.2. The second-order valence-corrected chi connectivity index (χ2v) is 10.6. The van der Waals surface area contributed by atoms with Crippen LogP contribution in [0.5, 0.6) is 11.5 Å². The Kier molecular flexibility index (Phi) is 9.84. The van der Waals surface area contributed by atoms with Crippen LogP contribution in [-0.4, -0.2) is 50.5 Å². The van der Waals surface area contributed by atoms with Crippen LogP contribution < -0.4 is 14.4 Å². The van der Waals surface area contributed by atoms with Crippen molar-refractivity contribution in [2.45, 2.75) is 32.9 Å². The first-order chi connectivity index (χ1) is 18.1. The fourth-order valence-electron chi connectivity index (χ4n) is 3.92. The van der Waals surface area contributed by atoms with E-state index in [0.29, 0.717) is 30.0 Å². The summed E-state index contributed by atoms with van der Waals surface area (Å²) >= 11 is 0. The lowest BCUT2D eigenvalue weighted by Crippen LogP contribution is -2.52. The molecule has 3 aromatic carbocycles. The molecule has 0 spiro atoms. The second kappa shape index (κ2) is 13.0. The number of rotatable bonds is 12. The van der Waals surface area contributed by atoms with Gasteiger partial charge in [-0.15, -0.1) is 0 Å². The Morgan fingerprint density at radius 2 is 1.53 bits per heavy atom. The summed E-state index contributed by atoms with van der Waals surface area (Å²) in [5, 5.41) is 2.73. The summed E-state index contributed by atoms with van der Waals surface area (Å²) in [6.45, 7) is 3.41. The lowest BCUT2D eigenvalue weighted by Gasteiger charge is -2.32. The number of likely N-dealkylation sites (N-methyl/N-ethyl adjacent to an activating group) is 1. The van der Waals surface area contributed by atoms with Crippen LogP contribution in [0.15, 0.2) is 78.9 Å². The van der Waals surface area contributed by atoms with E-state index in [1.165, 1.54) is 29.2 Å². The van der Waals surface area contributed by atoms with E-state index in [2.05, 4.69) is 5.32 Å². The minimum absolute atomic E-state index is 0.0101. The van der Waals surface area contributed by atoms with Gasteiger partial charge < -0.3 is 15.0 Å². The Morgan fingerprint density at radius 3 is 2.08 bits per heavy atom. The molecular weight excluding hydrogens is 509 g/mol. The molecule has 0 fully saturated rings. The van der Waals surface area contributed by atoms with Crippen LogP contribution in [0.2, 0.25) is 0 Å². The molecule has 38 heavy (non-hydrogen) atoms. The molecule has 0 bridgehead atoms. The highest BCUT2D eigenvalue weighted by molar-refractivity contribution is 7.92. The minimum atomic E-state index is -3.86. The predicted octanol–water partition coefficient (Wildman–Crippen LogP) is 4.33. The number of nitrogens with zero attached hydrogens (tertiary/aromatic N) is 2. The molecule has 2 amide bonds. The number of carbonyl (C=O) groups is 2. The SMILES string of the molecule is CCNC(=O)[C@@H](CC)N(Cc1ccc(F)cc1)C(=O)CN(c1ccc(Oc2ccccc2)cc1)S(C)(=O)=O. The molecule has 10 heteroatoms. The van der Waals surface area contributed by atoms with Gasteiger partial charge >= 0.3 is 0 Å². The lowest BCUT2D eigenvalue weighted by atomic mass is 10.1. The first-order valence-electron chi connectivity index (χ1n) is 12.2. The molecule has 0 unspecified atom stereocenters. The Labute approximate surface area is 223 Å². The van der Waals surface area contributed by atoms with Crippen molar-refractivity contribution in [2.24, 2.45) is 0 Å². The van der Waals surface area contributed by atoms with Gasteiger partial charge in [0.1, 0.15) is 29.9 Å². The van der Waals surface area contributed by atoms with Crippen LogP contribution in [0.25, 0.3) is 0 Å². The van der Waals surface area contributed by atoms with Gasteiger partial charge in [0.15, 0.2) is 0 Å². The molecule has 3 aromatic rings. The smallest absolute Gasteiger partial charge is 0.244 e. The molecule has 0 radical (unpaired) electrons. The van der Waals surface area contributed by atoms with E-state index >= 15 is 0 Å². The van der Waals surface area contributed by atoms with Crippen LogP contribution in [0.4, 0.5) is 10.1 Å². The predicted molar refractivity (Wildman–Crippen MR) is 145 cm³/mol. The molecule has 0 aliphatic heterocycles. The zero-order chi connectivity index (χ0) is 27.7. The number of hydrogen-bond acceptors (Lipinski definition) is 5. The van der Waals surface area contributed by atoms with E-state index in [1.807, 2.05) is 18.2 Å². The summed E-state index contributed by atoms with van der Waals surface area (Å²) in [5.74, 6) is -0.214. The molecule has 0 aliphatic rings. The van der Waals surface area contributed by atoms with E-state index in [1.54, 1.807) is 50.2 Å². The van der Waals surface area contributed by atoms with Gasteiger partial charge in [0.25, 0.3) is 0 Å². The van der Waals surface area contributed by atoms with Gasteiger partial charge in [-0.05, 0) is 67.4 Å². The topological polar surface area (TPSA) is 96.0 Å². The lowest BCUT2D eigenvalue weighted by molar-refractivity contribution is -0.140. The summed E-state index contributed by atoms with van der Waals surface area (Å²) in [4.78, 5) is 27.7. The van der Waals surface area contributed by atoms with Gasteiger partial charge in [0.2, 0.25) is 21.8 Å². The summed E-state index contributed by atoms with van der Waals surface area (Å²) in [6, 6.07) is 20.2. The van der Waals surface area contributed by atoms with Crippen molar-refractivity contribution >= 4 is 27.5 Å². The van der Waals surface area contributed by atoms with Crippen molar-refractivity contribution < 1.29 is 27.1 Å². The third kappa shape index (κ3) is 7.79. The molecule has 0 aromatic heterocycles. The monoisotopic (exact) mass is 541 g/mol. The molecule has 0 heterocycles. The van der Waals surface area contributed by atoms with Crippen molar-refractivity contribution in [1.82, 2.24) is 10.2 Å². The van der Waals surface area contributed by atoms with E-state index in [9.17, 15) is 22.4 Å². The van der Waals surface area contributed by atoms with Crippen molar-refractivity contribution in [3.63, 3.8) is 0 Å². The molecular formula is C28H32FN3O5S. The standard InChI is InChI=1S/C28H32FN3O5S/c1-4-26(28(34)30-5-2)31(19-21-11-13-22(29)14-12-21)27(33)20-32(38(3,35)36)23-15-17-25(18-16-23)37-24-9-7-6-8-10-24/h6-18,26H,4-5,19-20H2,1-3H3,(H,30,34)/t26-/m1/s1. The second-order valence-electron chi connectivity index (χ2n) is 8.65. The average molecular weight is 542 g/mol. The highest BCUT2D eigenvalue weighted by Crippen LogP contribution is 2.26. The third-order valence-electron chi connectivity index (χ3n) is 5.79. The summed E-state index contributed by atoms with van der Waals surface area (Å²) < 4.78 is 45.7. The average Bonchev–Trinajstić information content (AvgIpc) is 2.89. The van der Waals surface area contributed by atoms with Crippen molar-refractivity contribution in [2.75, 3.05) is 23.7 Å². The zero-order valence-corrected chi connectivity index (χ0v) is 22.4. The normalized spacial score (nSPS) is 11.9. The van der Waals surface area contributed by atoms with E-state index < -0.39 is 34.3 Å². The first kappa shape index (κ1) is 28.6. The molecule has 3 rings (SSSR count). The fraction of sp³-hybridized carbons (Fsp3) is 0.286. The summed E-state index contributed by atoms with van der Waals surface area (Å²) in [6.07, 6.45) is 1.32. The van der Waals surface area contributed by atoms with Gasteiger partial charge in [-0.2, -0.15) is 0 Å². The van der Waals surface area contributed by atoms with Crippen molar-refractivity contribution in [3.8, 4) is 11.5 Å². The number of halogens is 1. The number of benzene rings is 3. The third-order valence-corrected chi connectivity index (χ3v) is 6.93. The Morgan fingerprint density at radius 1 is 0.921 bits per heavy atom. The Bertz CT molecular complexity index is 1320. The molecule has 0 saturated carbocycles. The molecule has 202 valence electrons. The molecule has 1 atom stereocenters. The molecule has 0 aliphatic carbocycles. The summed E-state index contributed by atoms with van der Waals surface area (Å²) in [7, 11) is -3.86. The minimum Gasteiger partial charge on any atom is -0.457 e. The van der Waals surface area contributed by atoms with Gasteiger partial charge in [0.05, 0.1) is 11.9 Å². The van der Waals surface area contributed by atoms with Crippen LogP contribution in [-0.2, 0) is 26.2 Å². The number of sulfonamides is 1. The van der Waals surface area contributed by atoms with Crippen LogP contribution in [0, 0.1) is 5.82 Å². The largest absolute Gasteiger partial charge is 0.457 e. The number of amides is 2. The Hall–Kier alpha value is -3.92. The number of carbonyl (C=O) groups excluding carboxylic acids is 2. The van der Waals surface area contributed by atoms with E-state index in [0.717, 1.165) is 10.6 Å². The fourth-order valence-corrected chi connectivity index (χ4v) is 4.77. The number of para-hydroxylation sites is 1. The van der Waals surface area contributed by atoms with Crippen LogP contribution in [0.3, 0.4) is 0 Å². The summed E-state index contributed by atoms with van der Waals surface area (Å²) in [5.41, 5.74) is 0.880. The molecule has 1 N–H and O–H groups in total. The van der Waals surface area contributed by atoms with Crippen LogP contribution >= 0.6 is 0 Å². The highest BCUT2D eigenvalue weighted by Gasteiger charge is 2.31. The maximum atomic E-state index is 13.6. The van der Waals surface area contributed by atoms with Gasteiger partial charge in [-0.3, -0.25) is 13.9 Å². The number of nitrogens with one attached hydrogen (secondary N) is 1. The number of anilines is 1. The van der Waals surface area contributed by atoms with Crippen molar-refractivity contribution in [3.05, 3.63) is 90.2 Å². The van der Waals surface area contributed by atoms with E-state index in [4.69, 9.17) is 4.74 Å². The van der Waals surface area contributed by atoms with Gasteiger partial charge in [-0.1, -0.05) is 37.3 Å². The van der Waals surface area contributed by atoms with Crippen LogP contribution in [0.1, 0.15) is 25.8 Å². The Balaban J connectivity index is 1.88. The van der Waals surface area contributed by atoms with Gasteiger partial charge in [-0.25, -0.2) is 12.8 Å².